The van der Waals surface area contributed by atoms with Gasteiger partial charge in [-0.1, -0.05) is 6.07 Å². The summed E-state index contributed by atoms with van der Waals surface area (Å²) in [5.41, 5.74) is 2.05. The van der Waals surface area contributed by atoms with Crippen molar-refractivity contribution >= 4 is 32.8 Å². The van der Waals surface area contributed by atoms with Crippen LogP contribution in [0.4, 0.5) is 0 Å². The molecule has 0 bridgehead atoms. The molecule has 0 aliphatic rings. The van der Waals surface area contributed by atoms with E-state index in [0.717, 1.165) is 21.1 Å². The van der Waals surface area contributed by atoms with E-state index in [9.17, 15) is 4.79 Å². The number of fused-ring (bicyclic) bond motifs is 1. The van der Waals surface area contributed by atoms with E-state index in [1.54, 1.807) is 4.68 Å². The minimum atomic E-state index is -0.773. The van der Waals surface area contributed by atoms with Gasteiger partial charge in [-0.2, -0.15) is 5.10 Å². The lowest BCUT2D eigenvalue weighted by Crippen LogP contribution is -1.97. The molecule has 4 nitrogen and oxygen atoms in total. The highest BCUT2D eigenvalue weighted by Crippen LogP contribution is 2.24. The van der Waals surface area contributed by atoms with E-state index in [2.05, 4.69) is 21.0 Å². The first-order valence-electron chi connectivity index (χ1n) is 4.91. The fourth-order valence-corrected chi connectivity index (χ4v) is 2.23. The van der Waals surface area contributed by atoms with Gasteiger partial charge in [-0.3, -0.25) is 9.48 Å². The van der Waals surface area contributed by atoms with Crippen LogP contribution in [-0.2, 0) is 18.3 Å². The van der Waals surface area contributed by atoms with Crippen LogP contribution in [0.3, 0.4) is 0 Å². The fourth-order valence-electron chi connectivity index (χ4n) is 1.68. The number of halogens is 1. The third-order valence-electron chi connectivity index (χ3n) is 2.50. The topological polar surface area (TPSA) is 55.1 Å². The Kier molecular flexibility index (Phi) is 2.96. The van der Waals surface area contributed by atoms with Gasteiger partial charge in [0.1, 0.15) is 4.60 Å². The Labute approximate surface area is 101 Å². The van der Waals surface area contributed by atoms with Crippen molar-refractivity contribution in [2.75, 3.05) is 0 Å². The summed E-state index contributed by atoms with van der Waals surface area (Å²) in [7, 11) is 1.88. The first-order valence-corrected chi connectivity index (χ1v) is 5.70. The zero-order chi connectivity index (χ0) is 11.7. The van der Waals surface area contributed by atoms with Crippen LogP contribution in [-0.4, -0.2) is 20.9 Å². The van der Waals surface area contributed by atoms with Gasteiger partial charge < -0.3 is 5.11 Å². The quantitative estimate of drug-likeness (QED) is 0.940. The first-order chi connectivity index (χ1) is 7.58. The number of hydrogen-bond acceptors (Lipinski definition) is 2. The Morgan fingerprint density at radius 3 is 3.00 bits per heavy atom. The molecule has 0 spiro atoms. The average molecular weight is 283 g/mol. The molecule has 1 N–H and O–H groups in total. The van der Waals surface area contributed by atoms with Crippen LogP contribution in [0.2, 0.25) is 0 Å². The first kappa shape index (κ1) is 11.1. The number of hydrogen-bond donors (Lipinski definition) is 1. The van der Waals surface area contributed by atoms with Gasteiger partial charge >= 0.3 is 5.97 Å². The van der Waals surface area contributed by atoms with Crippen molar-refractivity contribution in [3.05, 3.63) is 28.4 Å². The molecule has 0 atom stereocenters. The summed E-state index contributed by atoms with van der Waals surface area (Å²) in [6, 6.07) is 5.89. The van der Waals surface area contributed by atoms with E-state index in [1.165, 1.54) is 0 Å². The molecule has 1 aromatic heterocycles. The lowest BCUT2D eigenvalue weighted by Gasteiger charge is -1.99. The van der Waals surface area contributed by atoms with Crippen molar-refractivity contribution in [1.82, 2.24) is 9.78 Å². The molecule has 5 heteroatoms. The molecule has 0 saturated carbocycles. The van der Waals surface area contributed by atoms with E-state index in [-0.39, 0.29) is 6.42 Å². The minimum Gasteiger partial charge on any atom is -0.481 e. The molecule has 16 heavy (non-hydrogen) atoms. The van der Waals surface area contributed by atoms with Crippen LogP contribution >= 0.6 is 15.9 Å². The molecule has 0 unspecified atom stereocenters. The monoisotopic (exact) mass is 282 g/mol. The molecule has 2 aromatic rings. The standard InChI is InChI=1S/C11H11BrN2O2/c1-14-9-4-2-7(3-5-10(15)16)6-8(9)11(12)13-14/h2,4,6H,3,5H2,1H3,(H,15,16). The molecule has 84 valence electrons. The van der Waals surface area contributed by atoms with Crippen LogP contribution < -0.4 is 0 Å². The molecule has 1 aromatic carbocycles. The molecule has 0 amide bonds. The summed E-state index contributed by atoms with van der Waals surface area (Å²) in [4.78, 5) is 10.5. The number of benzene rings is 1. The van der Waals surface area contributed by atoms with Crippen LogP contribution in [0.5, 0.6) is 0 Å². The Bertz CT molecular complexity index is 548. The van der Waals surface area contributed by atoms with Gasteiger partial charge in [0.2, 0.25) is 0 Å². The number of aryl methyl sites for hydroxylation is 2. The van der Waals surface area contributed by atoms with Crippen molar-refractivity contribution in [2.24, 2.45) is 7.05 Å². The van der Waals surface area contributed by atoms with Crippen molar-refractivity contribution in [3.63, 3.8) is 0 Å². The van der Waals surface area contributed by atoms with Gasteiger partial charge in [0, 0.05) is 18.9 Å². The smallest absolute Gasteiger partial charge is 0.303 e. The minimum absolute atomic E-state index is 0.156. The van der Waals surface area contributed by atoms with E-state index in [0.29, 0.717) is 6.42 Å². The number of aromatic nitrogens is 2. The van der Waals surface area contributed by atoms with Crippen LogP contribution in [0.1, 0.15) is 12.0 Å². The van der Waals surface area contributed by atoms with Crippen LogP contribution in [0.25, 0.3) is 10.9 Å². The number of rotatable bonds is 3. The highest BCUT2D eigenvalue weighted by atomic mass is 79.9. The zero-order valence-electron chi connectivity index (χ0n) is 8.77. The fraction of sp³-hybridized carbons (Fsp3) is 0.273. The second-order valence-electron chi connectivity index (χ2n) is 3.66. The SMILES string of the molecule is Cn1nc(Br)c2cc(CCC(=O)O)ccc21. The molecule has 0 aliphatic carbocycles. The predicted molar refractivity (Wildman–Crippen MR) is 64.4 cm³/mol. The van der Waals surface area contributed by atoms with Gasteiger partial charge in [-0.05, 0) is 40.0 Å². The number of carboxylic acids is 1. The third kappa shape index (κ3) is 2.09. The largest absolute Gasteiger partial charge is 0.481 e. The van der Waals surface area contributed by atoms with Gasteiger partial charge in [-0.25, -0.2) is 0 Å². The van der Waals surface area contributed by atoms with E-state index >= 15 is 0 Å². The van der Waals surface area contributed by atoms with Gasteiger partial charge in [0.25, 0.3) is 0 Å². The van der Waals surface area contributed by atoms with Gasteiger partial charge in [0.15, 0.2) is 0 Å². The molecule has 0 fully saturated rings. The zero-order valence-corrected chi connectivity index (χ0v) is 10.4. The van der Waals surface area contributed by atoms with Crippen molar-refractivity contribution in [3.8, 4) is 0 Å². The molecular formula is C11H11BrN2O2. The lowest BCUT2D eigenvalue weighted by molar-refractivity contribution is -0.136. The van der Waals surface area contributed by atoms with Crippen molar-refractivity contribution in [1.29, 1.82) is 0 Å². The Morgan fingerprint density at radius 2 is 2.31 bits per heavy atom. The van der Waals surface area contributed by atoms with Crippen LogP contribution in [0, 0.1) is 0 Å². The highest BCUT2D eigenvalue weighted by molar-refractivity contribution is 9.10. The summed E-state index contributed by atoms with van der Waals surface area (Å²) in [6.07, 6.45) is 0.704. The molecular weight excluding hydrogens is 272 g/mol. The normalized spacial score (nSPS) is 10.9. The van der Waals surface area contributed by atoms with E-state index in [1.807, 2.05) is 25.2 Å². The molecule has 2 rings (SSSR count). The maximum Gasteiger partial charge on any atom is 0.303 e. The maximum atomic E-state index is 10.5. The highest BCUT2D eigenvalue weighted by Gasteiger charge is 2.07. The molecule has 0 radical (unpaired) electrons. The average Bonchev–Trinajstić information content (AvgIpc) is 2.52. The molecule has 1 heterocycles. The maximum absolute atomic E-state index is 10.5. The predicted octanol–water partition coefficient (Wildman–Crippen LogP) is 2.35. The number of carboxylic acid groups (broad SMARTS) is 1. The Hall–Kier alpha value is -1.36. The van der Waals surface area contributed by atoms with E-state index < -0.39 is 5.97 Å². The Balaban J connectivity index is 2.36. The van der Waals surface area contributed by atoms with Crippen LogP contribution in [0.15, 0.2) is 22.8 Å². The van der Waals surface area contributed by atoms with Gasteiger partial charge in [-0.15, -0.1) is 0 Å². The number of carbonyl (C=O) groups is 1. The lowest BCUT2D eigenvalue weighted by atomic mass is 10.1. The Morgan fingerprint density at radius 1 is 1.56 bits per heavy atom. The summed E-state index contributed by atoms with van der Waals surface area (Å²) >= 11 is 3.38. The third-order valence-corrected chi connectivity index (χ3v) is 3.08. The van der Waals surface area contributed by atoms with Crippen molar-refractivity contribution < 1.29 is 9.90 Å². The van der Waals surface area contributed by atoms with E-state index in [4.69, 9.17) is 5.11 Å². The van der Waals surface area contributed by atoms with Gasteiger partial charge in [0.05, 0.1) is 5.52 Å². The summed E-state index contributed by atoms with van der Waals surface area (Å²) in [5, 5.41) is 13.9. The number of nitrogens with zero attached hydrogens (tertiary/aromatic N) is 2. The molecule has 0 saturated heterocycles. The summed E-state index contributed by atoms with van der Waals surface area (Å²) in [5.74, 6) is -0.773. The molecule has 0 aliphatic heterocycles. The second-order valence-corrected chi connectivity index (χ2v) is 4.41. The second kappa shape index (κ2) is 4.25. The summed E-state index contributed by atoms with van der Waals surface area (Å²) in [6.45, 7) is 0. The number of aliphatic carboxylic acids is 1. The van der Waals surface area contributed by atoms with Crippen molar-refractivity contribution in [2.45, 2.75) is 12.8 Å². The summed E-state index contributed by atoms with van der Waals surface area (Å²) < 4.78 is 2.59.